The molecule has 2 rings (SSSR count). The van der Waals surface area contributed by atoms with Gasteiger partial charge in [0.15, 0.2) is 0 Å². The monoisotopic (exact) mass is 331 g/mol. The number of hydrogen-bond donors (Lipinski definition) is 2. The summed E-state index contributed by atoms with van der Waals surface area (Å²) in [5, 5.41) is 8.76. The van der Waals surface area contributed by atoms with E-state index in [0.717, 1.165) is 18.2 Å². The molecular formula is C13H8F3NO4S. The summed E-state index contributed by atoms with van der Waals surface area (Å²) < 4.78 is 65.5. The molecule has 22 heavy (non-hydrogen) atoms. The van der Waals surface area contributed by atoms with Gasteiger partial charge in [0.25, 0.3) is 10.0 Å². The van der Waals surface area contributed by atoms with Crippen molar-refractivity contribution in [2.24, 2.45) is 0 Å². The van der Waals surface area contributed by atoms with Crippen molar-refractivity contribution in [1.29, 1.82) is 0 Å². The van der Waals surface area contributed by atoms with Gasteiger partial charge in [0.1, 0.15) is 17.5 Å². The Balaban J connectivity index is 2.45. The molecule has 0 radical (unpaired) electrons. The molecule has 116 valence electrons. The molecule has 0 aromatic heterocycles. The van der Waals surface area contributed by atoms with Crippen molar-refractivity contribution in [1.82, 2.24) is 0 Å². The highest BCUT2D eigenvalue weighted by molar-refractivity contribution is 7.92. The van der Waals surface area contributed by atoms with Crippen LogP contribution in [0.15, 0.2) is 41.3 Å². The molecule has 2 aromatic carbocycles. The van der Waals surface area contributed by atoms with Crippen molar-refractivity contribution in [3.63, 3.8) is 0 Å². The summed E-state index contributed by atoms with van der Waals surface area (Å²) >= 11 is 0. The third-order valence-corrected chi connectivity index (χ3v) is 4.01. The number of hydrogen-bond acceptors (Lipinski definition) is 3. The fraction of sp³-hybridized carbons (Fsp3) is 0. The van der Waals surface area contributed by atoms with Crippen LogP contribution in [-0.4, -0.2) is 19.5 Å². The predicted octanol–water partition coefficient (Wildman–Crippen LogP) is 2.60. The number of rotatable bonds is 4. The Hall–Kier alpha value is -2.55. The highest BCUT2D eigenvalue weighted by Gasteiger charge is 2.20. The Labute approximate surface area is 123 Å². The number of benzene rings is 2. The van der Waals surface area contributed by atoms with Gasteiger partial charge in [0, 0.05) is 6.07 Å². The van der Waals surface area contributed by atoms with Crippen molar-refractivity contribution in [2.45, 2.75) is 4.90 Å². The van der Waals surface area contributed by atoms with Crippen LogP contribution in [0.5, 0.6) is 0 Å². The van der Waals surface area contributed by atoms with Crippen LogP contribution in [0.4, 0.5) is 18.9 Å². The maximum absolute atomic E-state index is 13.4. The lowest BCUT2D eigenvalue weighted by atomic mass is 10.2. The number of carbonyl (C=O) groups is 1. The Morgan fingerprint density at radius 2 is 1.64 bits per heavy atom. The van der Waals surface area contributed by atoms with Gasteiger partial charge in [-0.15, -0.1) is 0 Å². The van der Waals surface area contributed by atoms with Crippen molar-refractivity contribution in [3.8, 4) is 0 Å². The third-order valence-electron chi connectivity index (χ3n) is 2.65. The zero-order chi connectivity index (χ0) is 16.5. The van der Waals surface area contributed by atoms with Crippen LogP contribution in [-0.2, 0) is 10.0 Å². The van der Waals surface area contributed by atoms with Crippen molar-refractivity contribution in [3.05, 3.63) is 59.4 Å². The fourth-order valence-corrected chi connectivity index (χ4v) is 2.70. The Bertz CT molecular complexity index is 852. The van der Waals surface area contributed by atoms with Crippen LogP contribution in [0.2, 0.25) is 0 Å². The Kier molecular flexibility index (Phi) is 4.09. The van der Waals surface area contributed by atoms with Gasteiger partial charge in [-0.25, -0.2) is 26.4 Å². The van der Waals surface area contributed by atoms with E-state index in [0.29, 0.717) is 18.2 Å². The lowest BCUT2D eigenvalue weighted by Gasteiger charge is -2.10. The average Bonchev–Trinajstić information content (AvgIpc) is 2.42. The second kappa shape index (κ2) is 5.68. The van der Waals surface area contributed by atoms with E-state index in [-0.39, 0.29) is 0 Å². The van der Waals surface area contributed by atoms with Gasteiger partial charge in [-0.2, -0.15) is 0 Å². The van der Waals surface area contributed by atoms with E-state index in [1.807, 2.05) is 0 Å². The Morgan fingerprint density at radius 1 is 1.00 bits per heavy atom. The molecule has 0 fully saturated rings. The molecule has 0 amide bonds. The van der Waals surface area contributed by atoms with Crippen LogP contribution in [0.1, 0.15) is 10.4 Å². The summed E-state index contributed by atoms with van der Waals surface area (Å²) in [6.07, 6.45) is 0. The van der Waals surface area contributed by atoms with Crippen LogP contribution < -0.4 is 4.72 Å². The molecule has 0 aliphatic heterocycles. The molecule has 2 N–H and O–H groups in total. The second-order valence-electron chi connectivity index (χ2n) is 4.18. The van der Waals surface area contributed by atoms with E-state index in [4.69, 9.17) is 5.11 Å². The summed E-state index contributed by atoms with van der Waals surface area (Å²) in [4.78, 5) is 10.2. The first kappa shape index (κ1) is 15.8. The number of nitrogens with one attached hydrogen (secondary N) is 1. The minimum Gasteiger partial charge on any atom is -0.478 e. The van der Waals surface area contributed by atoms with E-state index >= 15 is 0 Å². The smallest absolute Gasteiger partial charge is 0.338 e. The largest absolute Gasteiger partial charge is 0.478 e. The van der Waals surface area contributed by atoms with E-state index in [2.05, 4.69) is 0 Å². The molecule has 0 heterocycles. The highest BCUT2D eigenvalue weighted by Crippen LogP contribution is 2.21. The SMILES string of the molecule is O=C(O)c1cc(S(=O)(=O)Nc2cc(F)ccc2F)ccc1F. The lowest BCUT2D eigenvalue weighted by Crippen LogP contribution is -2.15. The summed E-state index contributed by atoms with van der Waals surface area (Å²) in [5.74, 6) is -4.68. The van der Waals surface area contributed by atoms with Gasteiger partial charge >= 0.3 is 5.97 Å². The fourth-order valence-electron chi connectivity index (χ4n) is 1.61. The second-order valence-corrected chi connectivity index (χ2v) is 5.86. The molecular weight excluding hydrogens is 323 g/mol. The minimum absolute atomic E-state index is 0.581. The summed E-state index contributed by atoms with van der Waals surface area (Å²) in [7, 11) is -4.41. The average molecular weight is 331 g/mol. The lowest BCUT2D eigenvalue weighted by molar-refractivity contribution is 0.0691. The molecule has 0 atom stereocenters. The first-order valence-corrected chi connectivity index (χ1v) is 7.20. The van der Waals surface area contributed by atoms with Crippen LogP contribution in [0, 0.1) is 17.5 Å². The van der Waals surface area contributed by atoms with Crippen molar-refractivity contribution >= 4 is 21.7 Å². The van der Waals surface area contributed by atoms with E-state index in [1.165, 1.54) is 0 Å². The molecule has 9 heteroatoms. The topological polar surface area (TPSA) is 83.5 Å². The van der Waals surface area contributed by atoms with E-state index in [9.17, 15) is 26.4 Å². The number of sulfonamides is 1. The summed E-state index contributed by atoms with van der Waals surface area (Å²) in [6, 6.07) is 4.18. The third kappa shape index (κ3) is 3.19. The molecule has 0 bridgehead atoms. The standard InChI is InChI=1S/C13H8F3NO4S/c14-7-1-3-11(16)12(5-7)17-22(20,21)8-2-4-10(15)9(6-8)13(18)19/h1-6,17H,(H,18,19). The maximum Gasteiger partial charge on any atom is 0.338 e. The zero-order valence-corrected chi connectivity index (χ0v) is 11.5. The van der Waals surface area contributed by atoms with Gasteiger partial charge < -0.3 is 5.11 Å². The normalized spacial score (nSPS) is 11.2. The van der Waals surface area contributed by atoms with E-state index in [1.54, 1.807) is 4.72 Å². The summed E-state index contributed by atoms with van der Waals surface area (Å²) in [6.45, 7) is 0. The molecule has 0 saturated carbocycles. The molecule has 0 spiro atoms. The number of carboxylic acids is 1. The molecule has 5 nitrogen and oxygen atoms in total. The van der Waals surface area contributed by atoms with Crippen LogP contribution in [0.3, 0.4) is 0 Å². The molecule has 2 aromatic rings. The number of anilines is 1. The highest BCUT2D eigenvalue weighted by atomic mass is 32.2. The van der Waals surface area contributed by atoms with E-state index < -0.39 is 49.6 Å². The van der Waals surface area contributed by atoms with Crippen molar-refractivity contribution in [2.75, 3.05) is 4.72 Å². The van der Waals surface area contributed by atoms with Gasteiger partial charge in [0.05, 0.1) is 16.1 Å². The first-order valence-electron chi connectivity index (χ1n) is 5.71. The minimum atomic E-state index is -4.41. The van der Waals surface area contributed by atoms with Gasteiger partial charge in [-0.1, -0.05) is 0 Å². The van der Waals surface area contributed by atoms with Gasteiger partial charge in [-0.05, 0) is 30.3 Å². The quantitative estimate of drug-likeness (QED) is 0.902. The molecule has 0 unspecified atom stereocenters. The first-order chi connectivity index (χ1) is 10.2. The van der Waals surface area contributed by atoms with Gasteiger partial charge in [-0.3, -0.25) is 4.72 Å². The maximum atomic E-state index is 13.4. The Morgan fingerprint density at radius 3 is 2.27 bits per heavy atom. The number of halogens is 3. The predicted molar refractivity (Wildman–Crippen MR) is 70.5 cm³/mol. The summed E-state index contributed by atoms with van der Waals surface area (Å²) in [5.41, 5.74) is -1.51. The number of carboxylic acid groups (broad SMARTS) is 1. The van der Waals surface area contributed by atoms with Crippen molar-refractivity contribution < 1.29 is 31.5 Å². The molecule has 0 aliphatic carbocycles. The zero-order valence-electron chi connectivity index (χ0n) is 10.7. The van der Waals surface area contributed by atoms with Crippen LogP contribution in [0.25, 0.3) is 0 Å². The number of aromatic carboxylic acids is 1. The molecule has 0 saturated heterocycles. The van der Waals surface area contributed by atoms with Crippen LogP contribution >= 0.6 is 0 Å². The molecule has 0 aliphatic rings. The van der Waals surface area contributed by atoms with Gasteiger partial charge in [0.2, 0.25) is 0 Å².